The van der Waals surface area contributed by atoms with E-state index >= 15 is 0 Å². The van der Waals surface area contributed by atoms with Gasteiger partial charge in [0.2, 0.25) is 0 Å². The monoisotopic (exact) mass is 242 g/mol. The van der Waals surface area contributed by atoms with Gasteiger partial charge in [-0.15, -0.1) is 0 Å². The third kappa shape index (κ3) is 2.12. The van der Waals surface area contributed by atoms with E-state index in [1.54, 1.807) is 0 Å². The van der Waals surface area contributed by atoms with E-state index < -0.39 is 5.60 Å². The fraction of sp³-hybridized carbons (Fsp3) is 1.00. The summed E-state index contributed by atoms with van der Waals surface area (Å²) in [7, 11) is 0. The fourth-order valence-electron chi connectivity index (χ4n) is 3.68. The summed E-state index contributed by atoms with van der Waals surface area (Å²) in [5.41, 5.74) is 5.30. The lowest BCUT2D eigenvalue weighted by Gasteiger charge is -2.54. The molecular formula is C13H26N2O2. The Bertz CT molecular complexity index is 254. The van der Waals surface area contributed by atoms with Crippen LogP contribution >= 0.6 is 0 Å². The quantitative estimate of drug-likeness (QED) is 0.674. The van der Waals surface area contributed by atoms with Crippen LogP contribution in [0, 0.1) is 11.3 Å². The maximum Gasteiger partial charge on any atom is 0.0769 e. The Morgan fingerprint density at radius 3 is 2.65 bits per heavy atom. The van der Waals surface area contributed by atoms with Gasteiger partial charge in [0.25, 0.3) is 0 Å². The number of nitrogens with two attached hydrogens (primary N) is 1. The molecule has 2 aliphatic heterocycles. The van der Waals surface area contributed by atoms with Crippen LogP contribution in [-0.2, 0) is 4.74 Å². The van der Waals surface area contributed by atoms with Crippen LogP contribution in [-0.4, -0.2) is 43.6 Å². The zero-order chi connectivity index (χ0) is 12.4. The maximum absolute atomic E-state index is 11.2. The average molecular weight is 242 g/mol. The molecule has 0 aliphatic carbocycles. The van der Waals surface area contributed by atoms with E-state index in [1.807, 2.05) is 0 Å². The number of ether oxygens (including phenoxy) is 1. The summed E-state index contributed by atoms with van der Waals surface area (Å²) < 4.78 is 5.45. The van der Waals surface area contributed by atoms with Gasteiger partial charge in [0.05, 0.1) is 5.60 Å². The Labute approximate surface area is 104 Å². The van der Waals surface area contributed by atoms with Crippen LogP contribution < -0.4 is 11.1 Å². The molecule has 2 heterocycles. The first-order chi connectivity index (χ1) is 8.18. The van der Waals surface area contributed by atoms with E-state index in [9.17, 15) is 5.11 Å². The third-order valence-corrected chi connectivity index (χ3v) is 5.00. The molecule has 0 aromatic carbocycles. The zero-order valence-corrected chi connectivity index (χ0v) is 10.9. The minimum Gasteiger partial charge on any atom is -0.389 e. The maximum atomic E-state index is 11.2. The van der Waals surface area contributed by atoms with Crippen molar-refractivity contribution in [3.05, 3.63) is 0 Å². The van der Waals surface area contributed by atoms with Crippen molar-refractivity contribution in [2.24, 2.45) is 17.1 Å². The molecule has 4 heteroatoms. The Balaban J connectivity index is 2.25. The Hall–Kier alpha value is -0.160. The molecule has 0 radical (unpaired) electrons. The van der Waals surface area contributed by atoms with Gasteiger partial charge in [0.1, 0.15) is 0 Å². The number of hydrogen-bond acceptors (Lipinski definition) is 4. The highest BCUT2D eigenvalue weighted by Crippen LogP contribution is 2.48. The molecular weight excluding hydrogens is 216 g/mol. The van der Waals surface area contributed by atoms with Crippen molar-refractivity contribution in [2.75, 3.05) is 32.8 Å². The largest absolute Gasteiger partial charge is 0.389 e. The second-order valence-corrected chi connectivity index (χ2v) is 5.58. The molecule has 17 heavy (non-hydrogen) atoms. The molecule has 2 unspecified atom stereocenters. The van der Waals surface area contributed by atoms with Gasteiger partial charge in [0.15, 0.2) is 0 Å². The molecule has 0 spiro atoms. The number of aliphatic hydroxyl groups is 1. The summed E-state index contributed by atoms with van der Waals surface area (Å²) in [6.07, 6.45) is 3.63. The molecule has 2 atom stereocenters. The second kappa shape index (κ2) is 5.22. The Kier molecular flexibility index (Phi) is 4.08. The van der Waals surface area contributed by atoms with Crippen LogP contribution in [0.2, 0.25) is 0 Å². The summed E-state index contributed by atoms with van der Waals surface area (Å²) in [4.78, 5) is 0. The predicted molar refractivity (Wildman–Crippen MR) is 67.8 cm³/mol. The molecule has 0 aromatic heterocycles. The first-order valence-electron chi connectivity index (χ1n) is 6.89. The summed E-state index contributed by atoms with van der Waals surface area (Å²) in [5.74, 6) is 0.317. The highest BCUT2D eigenvalue weighted by Gasteiger charge is 2.54. The smallest absolute Gasteiger partial charge is 0.0769 e. The summed E-state index contributed by atoms with van der Waals surface area (Å²) >= 11 is 0. The predicted octanol–water partition coefficient (Wildman–Crippen LogP) is 0.492. The van der Waals surface area contributed by atoms with E-state index in [2.05, 4.69) is 12.2 Å². The van der Waals surface area contributed by atoms with Gasteiger partial charge >= 0.3 is 0 Å². The van der Waals surface area contributed by atoms with Gasteiger partial charge in [-0.2, -0.15) is 0 Å². The van der Waals surface area contributed by atoms with Crippen LogP contribution in [0.5, 0.6) is 0 Å². The summed E-state index contributed by atoms with van der Waals surface area (Å²) in [6, 6.07) is 0. The number of rotatable bonds is 3. The SMILES string of the molecule is CCC1CNCCC1(O)C1(CN)CCOCC1. The van der Waals surface area contributed by atoms with E-state index in [-0.39, 0.29) is 5.41 Å². The molecule has 2 fully saturated rings. The minimum absolute atomic E-state index is 0.131. The summed E-state index contributed by atoms with van der Waals surface area (Å²) in [5, 5.41) is 14.6. The molecule has 2 rings (SSSR count). The first-order valence-corrected chi connectivity index (χ1v) is 6.89. The van der Waals surface area contributed by atoms with Crippen molar-refractivity contribution in [1.29, 1.82) is 0 Å². The lowest BCUT2D eigenvalue weighted by Crippen LogP contribution is -2.63. The highest BCUT2D eigenvalue weighted by atomic mass is 16.5. The molecule has 0 saturated carbocycles. The van der Waals surface area contributed by atoms with Crippen LogP contribution in [0.15, 0.2) is 0 Å². The van der Waals surface area contributed by atoms with Gasteiger partial charge in [-0.05, 0) is 32.2 Å². The first kappa shape index (κ1) is 13.3. The molecule has 0 amide bonds. The van der Waals surface area contributed by atoms with Crippen molar-refractivity contribution in [1.82, 2.24) is 5.32 Å². The Morgan fingerprint density at radius 2 is 2.06 bits per heavy atom. The van der Waals surface area contributed by atoms with Gasteiger partial charge in [0, 0.05) is 37.6 Å². The van der Waals surface area contributed by atoms with E-state index in [1.165, 1.54) is 0 Å². The van der Waals surface area contributed by atoms with Gasteiger partial charge < -0.3 is 20.9 Å². The molecule has 2 aliphatic rings. The van der Waals surface area contributed by atoms with Gasteiger partial charge in [-0.1, -0.05) is 6.92 Å². The van der Waals surface area contributed by atoms with E-state index in [0.717, 1.165) is 52.0 Å². The normalized spacial score (nSPS) is 37.9. The van der Waals surface area contributed by atoms with Crippen molar-refractivity contribution >= 4 is 0 Å². The zero-order valence-electron chi connectivity index (χ0n) is 10.9. The Morgan fingerprint density at radius 1 is 1.35 bits per heavy atom. The standard InChI is InChI=1S/C13H26N2O2/c1-2-11-9-15-6-3-13(11,16)12(10-14)4-7-17-8-5-12/h11,15-16H,2-10,14H2,1H3. The van der Waals surface area contributed by atoms with Crippen molar-refractivity contribution in [2.45, 2.75) is 38.2 Å². The van der Waals surface area contributed by atoms with E-state index in [4.69, 9.17) is 10.5 Å². The average Bonchev–Trinajstić information content (AvgIpc) is 2.40. The fourth-order valence-corrected chi connectivity index (χ4v) is 3.68. The van der Waals surface area contributed by atoms with Crippen molar-refractivity contribution in [3.63, 3.8) is 0 Å². The van der Waals surface area contributed by atoms with Crippen molar-refractivity contribution < 1.29 is 9.84 Å². The molecule has 4 N–H and O–H groups in total. The van der Waals surface area contributed by atoms with Crippen LogP contribution in [0.3, 0.4) is 0 Å². The van der Waals surface area contributed by atoms with Crippen LogP contribution in [0.4, 0.5) is 0 Å². The minimum atomic E-state index is -0.606. The van der Waals surface area contributed by atoms with Crippen molar-refractivity contribution in [3.8, 4) is 0 Å². The van der Waals surface area contributed by atoms with Gasteiger partial charge in [-0.3, -0.25) is 0 Å². The molecule has 2 saturated heterocycles. The third-order valence-electron chi connectivity index (χ3n) is 5.00. The summed E-state index contributed by atoms with van der Waals surface area (Å²) in [6.45, 7) is 6.02. The molecule has 4 nitrogen and oxygen atoms in total. The molecule has 100 valence electrons. The molecule has 0 bridgehead atoms. The number of hydrogen-bond donors (Lipinski definition) is 3. The lowest BCUT2D eigenvalue weighted by molar-refractivity contribution is -0.172. The van der Waals surface area contributed by atoms with Crippen LogP contribution in [0.1, 0.15) is 32.6 Å². The topological polar surface area (TPSA) is 67.5 Å². The van der Waals surface area contributed by atoms with E-state index in [0.29, 0.717) is 12.5 Å². The second-order valence-electron chi connectivity index (χ2n) is 5.58. The number of nitrogens with one attached hydrogen (secondary N) is 1. The lowest BCUT2D eigenvalue weighted by atomic mass is 9.58. The highest BCUT2D eigenvalue weighted by molar-refractivity contribution is 5.06. The molecule has 0 aromatic rings. The van der Waals surface area contributed by atoms with Gasteiger partial charge in [-0.25, -0.2) is 0 Å². The van der Waals surface area contributed by atoms with Crippen LogP contribution in [0.25, 0.3) is 0 Å². The number of piperidine rings is 1.